The Morgan fingerprint density at radius 3 is 2.53 bits per heavy atom. The van der Waals surface area contributed by atoms with Crippen LogP contribution in [0.1, 0.15) is 58.8 Å². The van der Waals surface area contributed by atoms with Gasteiger partial charge in [0.1, 0.15) is 0 Å². The zero-order valence-corrected chi connectivity index (χ0v) is 10.2. The zero-order valence-electron chi connectivity index (χ0n) is 10.2. The first kappa shape index (κ1) is 11.4. The summed E-state index contributed by atoms with van der Waals surface area (Å²) in [6.45, 7) is 5.47. The monoisotopic (exact) mass is 211 g/mol. The van der Waals surface area contributed by atoms with E-state index in [-0.39, 0.29) is 0 Å². The second-order valence-electron chi connectivity index (χ2n) is 6.40. The highest BCUT2D eigenvalue weighted by Crippen LogP contribution is 2.38. The van der Waals surface area contributed by atoms with Crippen LogP contribution in [-0.4, -0.2) is 23.3 Å². The molecule has 0 aromatic carbocycles. The minimum absolute atomic E-state index is 0.420. The number of hydrogen-bond acceptors (Lipinski definition) is 2. The smallest absolute Gasteiger partial charge is 0.0771 e. The fourth-order valence-electron chi connectivity index (χ4n) is 2.52. The van der Waals surface area contributed by atoms with Crippen molar-refractivity contribution < 1.29 is 5.11 Å². The molecule has 2 rings (SSSR count). The van der Waals surface area contributed by atoms with Crippen LogP contribution in [0.5, 0.6) is 0 Å². The van der Waals surface area contributed by atoms with Crippen molar-refractivity contribution in [2.45, 2.75) is 70.4 Å². The Morgan fingerprint density at radius 2 is 1.87 bits per heavy atom. The predicted molar refractivity (Wildman–Crippen MR) is 62.8 cm³/mol. The van der Waals surface area contributed by atoms with Gasteiger partial charge in [-0.3, -0.25) is 0 Å². The normalized spacial score (nSPS) is 36.2. The van der Waals surface area contributed by atoms with Gasteiger partial charge in [0.05, 0.1) is 5.60 Å². The van der Waals surface area contributed by atoms with Crippen molar-refractivity contribution >= 4 is 0 Å². The maximum Gasteiger partial charge on any atom is 0.0771 e. The number of nitrogens with one attached hydrogen (secondary N) is 1. The summed E-state index contributed by atoms with van der Waals surface area (Å²) in [4.78, 5) is 0. The molecule has 0 aromatic rings. The highest BCUT2D eigenvalue weighted by molar-refractivity contribution is 4.91. The highest BCUT2D eigenvalue weighted by atomic mass is 16.3. The largest absolute Gasteiger partial charge is 0.389 e. The van der Waals surface area contributed by atoms with Crippen molar-refractivity contribution in [2.24, 2.45) is 5.41 Å². The van der Waals surface area contributed by atoms with Crippen molar-refractivity contribution in [3.05, 3.63) is 0 Å². The summed E-state index contributed by atoms with van der Waals surface area (Å²) in [5.41, 5.74) is 0.0143. The molecule has 0 bridgehead atoms. The third-order valence-electron chi connectivity index (χ3n) is 4.06. The van der Waals surface area contributed by atoms with E-state index >= 15 is 0 Å². The molecule has 0 heterocycles. The average molecular weight is 211 g/mol. The molecule has 0 amide bonds. The van der Waals surface area contributed by atoms with Crippen LogP contribution in [0, 0.1) is 5.41 Å². The van der Waals surface area contributed by atoms with E-state index in [2.05, 4.69) is 19.2 Å². The van der Waals surface area contributed by atoms with Gasteiger partial charge in [0.2, 0.25) is 0 Å². The lowest BCUT2D eigenvalue weighted by Crippen LogP contribution is -2.41. The van der Waals surface area contributed by atoms with Crippen LogP contribution in [0.2, 0.25) is 0 Å². The van der Waals surface area contributed by atoms with Crippen LogP contribution in [-0.2, 0) is 0 Å². The minimum Gasteiger partial charge on any atom is -0.389 e. The fraction of sp³-hybridized carbons (Fsp3) is 1.00. The Hall–Kier alpha value is -0.0800. The van der Waals surface area contributed by atoms with Gasteiger partial charge in [-0.15, -0.1) is 0 Å². The van der Waals surface area contributed by atoms with Gasteiger partial charge in [-0.1, -0.05) is 20.3 Å². The Labute approximate surface area is 93.5 Å². The first-order valence-electron chi connectivity index (χ1n) is 6.45. The average Bonchev–Trinajstić information content (AvgIpc) is 2.94. The molecule has 2 aliphatic rings. The van der Waals surface area contributed by atoms with Crippen LogP contribution >= 0.6 is 0 Å². The number of rotatable bonds is 3. The second-order valence-corrected chi connectivity index (χ2v) is 6.40. The molecule has 15 heavy (non-hydrogen) atoms. The lowest BCUT2D eigenvalue weighted by molar-refractivity contribution is 0.0224. The molecule has 2 saturated carbocycles. The molecule has 0 aliphatic heterocycles. The lowest BCUT2D eigenvalue weighted by Gasteiger charge is -2.28. The van der Waals surface area contributed by atoms with Gasteiger partial charge in [0.15, 0.2) is 0 Å². The van der Waals surface area contributed by atoms with E-state index in [9.17, 15) is 5.11 Å². The van der Waals surface area contributed by atoms with E-state index in [0.29, 0.717) is 11.5 Å². The Morgan fingerprint density at radius 1 is 1.13 bits per heavy atom. The Bertz CT molecular complexity index is 223. The molecule has 2 fully saturated rings. The van der Waals surface area contributed by atoms with Gasteiger partial charge < -0.3 is 10.4 Å². The van der Waals surface area contributed by atoms with E-state index in [4.69, 9.17) is 0 Å². The summed E-state index contributed by atoms with van der Waals surface area (Å²) in [5, 5.41) is 14.0. The predicted octanol–water partition coefficient (Wildman–Crippen LogP) is 2.46. The van der Waals surface area contributed by atoms with E-state index < -0.39 is 5.60 Å². The third kappa shape index (κ3) is 3.46. The molecule has 0 aromatic heterocycles. The maximum absolute atomic E-state index is 10.5. The van der Waals surface area contributed by atoms with Gasteiger partial charge in [0, 0.05) is 12.6 Å². The van der Waals surface area contributed by atoms with Crippen molar-refractivity contribution in [3.63, 3.8) is 0 Å². The summed E-state index contributed by atoms with van der Waals surface area (Å²) in [7, 11) is 0. The number of hydrogen-bond donors (Lipinski definition) is 2. The molecule has 0 radical (unpaired) electrons. The van der Waals surface area contributed by atoms with Gasteiger partial charge in [-0.2, -0.15) is 0 Å². The summed E-state index contributed by atoms with van der Waals surface area (Å²) in [6.07, 6.45) is 8.17. The lowest BCUT2D eigenvalue weighted by atomic mass is 9.84. The standard InChI is InChI=1S/C13H25NO/c1-12(2)6-3-7-13(15,9-8-12)10-14-11-4-5-11/h11,14-15H,3-10H2,1-2H3. The maximum atomic E-state index is 10.5. The van der Waals surface area contributed by atoms with E-state index in [1.807, 2.05) is 0 Å². The van der Waals surface area contributed by atoms with Crippen LogP contribution in [0.25, 0.3) is 0 Å². The van der Waals surface area contributed by atoms with Crippen LogP contribution in [0.15, 0.2) is 0 Å². The molecule has 1 atom stereocenters. The van der Waals surface area contributed by atoms with Crippen LogP contribution in [0.3, 0.4) is 0 Å². The molecular weight excluding hydrogens is 186 g/mol. The van der Waals surface area contributed by atoms with E-state index in [1.165, 1.54) is 25.7 Å². The third-order valence-corrected chi connectivity index (χ3v) is 4.06. The molecule has 2 heteroatoms. The van der Waals surface area contributed by atoms with Gasteiger partial charge in [-0.25, -0.2) is 0 Å². The molecule has 2 nitrogen and oxygen atoms in total. The zero-order chi connectivity index (χ0) is 10.9. The molecule has 2 aliphatic carbocycles. The topological polar surface area (TPSA) is 32.3 Å². The quantitative estimate of drug-likeness (QED) is 0.703. The van der Waals surface area contributed by atoms with E-state index in [1.54, 1.807) is 0 Å². The van der Waals surface area contributed by atoms with Crippen molar-refractivity contribution in [1.82, 2.24) is 5.32 Å². The second kappa shape index (κ2) is 4.06. The molecule has 0 saturated heterocycles. The van der Waals surface area contributed by atoms with Gasteiger partial charge in [0.25, 0.3) is 0 Å². The summed E-state index contributed by atoms with van der Waals surface area (Å²) < 4.78 is 0. The molecular formula is C13H25NO. The van der Waals surface area contributed by atoms with Gasteiger partial charge in [-0.05, 0) is 43.9 Å². The SMILES string of the molecule is CC1(C)CCCC(O)(CNC2CC2)CC1. The Kier molecular flexibility index (Phi) is 3.09. The molecule has 1 unspecified atom stereocenters. The summed E-state index contributed by atoms with van der Waals surface area (Å²) >= 11 is 0. The minimum atomic E-state index is -0.420. The van der Waals surface area contributed by atoms with Crippen molar-refractivity contribution in [2.75, 3.05) is 6.54 Å². The highest BCUT2D eigenvalue weighted by Gasteiger charge is 2.35. The fourth-order valence-corrected chi connectivity index (χ4v) is 2.52. The first-order chi connectivity index (χ1) is 6.99. The Balaban J connectivity index is 1.83. The van der Waals surface area contributed by atoms with Crippen LogP contribution < -0.4 is 5.32 Å². The van der Waals surface area contributed by atoms with Crippen LogP contribution in [0.4, 0.5) is 0 Å². The van der Waals surface area contributed by atoms with Gasteiger partial charge >= 0.3 is 0 Å². The summed E-state index contributed by atoms with van der Waals surface area (Å²) in [6, 6.07) is 0.713. The van der Waals surface area contributed by atoms with Crippen molar-refractivity contribution in [3.8, 4) is 0 Å². The molecule has 0 spiro atoms. The first-order valence-corrected chi connectivity index (χ1v) is 6.45. The molecule has 2 N–H and O–H groups in total. The van der Waals surface area contributed by atoms with E-state index in [0.717, 1.165) is 25.8 Å². The summed E-state index contributed by atoms with van der Waals surface area (Å²) in [5.74, 6) is 0. The number of aliphatic hydroxyl groups is 1. The molecule has 88 valence electrons. The van der Waals surface area contributed by atoms with Crippen molar-refractivity contribution in [1.29, 1.82) is 0 Å².